The minimum Gasteiger partial charge on any atom is -0.467 e. The van der Waals surface area contributed by atoms with Crippen molar-refractivity contribution in [2.45, 2.75) is 25.3 Å². The van der Waals surface area contributed by atoms with Gasteiger partial charge in [-0.05, 0) is 50.2 Å². The van der Waals surface area contributed by atoms with E-state index in [2.05, 4.69) is 28.4 Å². The first kappa shape index (κ1) is 16.3. The van der Waals surface area contributed by atoms with Gasteiger partial charge in [0.2, 0.25) is 5.91 Å². The van der Waals surface area contributed by atoms with Crippen LogP contribution in [0.5, 0.6) is 0 Å². The third kappa shape index (κ3) is 3.91. The highest BCUT2D eigenvalue weighted by molar-refractivity contribution is 7.18. The van der Waals surface area contributed by atoms with Gasteiger partial charge in [0.1, 0.15) is 5.76 Å². The van der Waals surface area contributed by atoms with E-state index in [0.717, 1.165) is 37.2 Å². The number of para-hydroxylation sites is 1. The molecule has 1 aliphatic rings. The topological polar surface area (TPSA) is 58.4 Å². The number of nitrogens with one attached hydrogen (secondary N) is 1. The zero-order valence-corrected chi connectivity index (χ0v) is 14.8. The molecule has 2 aromatic heterocycles. The smallest absolute Gasteiger partial charge is 0.234 e. The number of carbonyl (C=O) groups is 1. The number of hydrogen-bond donors (Lipinski definition) is 1. The molecule has 1 aliphatic heterocycles. The maximum Gasteiger partial charge on any atom is 0.234 e. The average Bonchev–Trinajstić information content (AvgIpc) is 3.30. The van der Waals surface area contributed by atoms with Crippen LogP contribution in [0, 0.1) is 0 Å². The van der Waals surface area contributed by atoms with E-state index >= 15 is 0 Å². The lowest BCUT2D eigenvalue weighted by Crippen LogP contribution is -2.40. The molecular weight excluding hydrogens is 334 g/mol. The Morgan fingerprint density at radius 1 is 1.24 bits per heavy atom. The molecule has 3 heterocycles. The minimum atomic E-state index is 0.0508. The number of thiazole rings is 1. The summed E-state index contributed by atoms with van der Waals surface area (Å²) in [6.07, 6.45) is 3.74. The Kier molecular flexibility index (Phi) is 4.81. The van der Waals surface area contributed by atoms with Crippen LogP contribution in [0.25, 0.3) is 10.2 Å². The van der Waals surface area contributed by atoms with Crippen molar-refractivity contribution in [3.05, 3.63) is 53.4 Å². The zero-order chi connectivity index (χ0) is 17.1. The number of hydrogen-bond acceptors (Lipinski definition) is 5. The maximum atomic E-state index is 12.1. The summed E-state index contributed by atoms with van der Waals surface area (Å²) in [6.45, 7) is 2.78. The number of fused-ring (bicyclic) bond motifs is 1. The van der Waals surface area contributed by atoms with Crippen LogP contribution in [0.4, 0.5) is 0 Å². The van der Waals surface area contributed by atoms with Gasteiger partial charge in [-0.25, -0.2) is 4.98 Å². The first-order valence-electron chi connectivity index (χ1n) is 8.65. The summed E-state index contributed by atoms with van der Waals surface area (Å²) < 4.78 is 6.49. The lowest BCUT2D eigenvalue weighted by Gasteiger charge is -2.30. The summed E-state index contributed by atoms with van der Waals surface area (Å²) in [5.41, 5.74) is 1.10. The summed E-state index contributed by atoms with van der Waals surface area (Å²) in [6, 6.07) is 12.0. The van der Waals surface area contributed by atoms with Crippen LogP contribution < -0.4 is 5.32 Å². The Hall–Kier alpha value is -2.18. The van der Waals surface area contributed by atoms with Crippen LogP contribution in [0.2, 0.25) is 0 Å². The molecule has 0 atom stereocenters. The van der Waals surface area contributed by atoms with Crippen molar-refractivity contribution in [2.75, 3.05) is 19.6 Å². The zero-order valence-electron chi connectivity index (χ0n) is 14.0. The van der Waals surface area contributed by atoms with Gasteiger partial charge in [0.15, 0.2) is 0 Å². The predicted octanol–water partition coefficient (Wildman–Crippen LogP) is 3.39. The molecule has 0 spiro atoms. The second-order valence-electron chi connectivity index (χ2n) is 6.43. The number of rotatable bonds is 5. The van der Waals surface area contributed by atoms with Crippen molar-refractivity contribution < 1.29 is 9.21 Å². The molecule has 1 N–H and O–H groups in total. The Bertz CT molecular complexity index is 802. The van der Waals surface area contributed by atoms with E-state index in [1.807, 2.05) is 18.2 Å². The van der Waals surface area contributed by atoms with Gasteiger partial charge in [0.25, 0.3) is 0 Å². The van der Waals surface area contributed by atoms with Gasteiger partial charge in [-0.1, -0.05) is 12.1 Å². The van der Waals surface area contributed by atoms with E-state index in [0.29, 0.717) is 19.0 Å². The summed E-state index contributed by atoms with van der Waals surface area (Å²) in [7, 11) is 0. The quantitative estimate of drug-likeness (QED) is 0.762. The van der Waals surface area contributed by atoms with Gasteiger partial charge in [-0.2, -0.15) is 0 Å². The predicted molar refractivity (Wildman–Crippen MR) is 98.6 cm³/mol. The lowest BCUT2D eigenvalue weighted by molar-refractivity contribution is -0.122. The van der Waals surface area contributed by atoms with E-state index < -0.39 is 0 Å². The molecule has 0 aliphatic carbocycles. The van der Waals surface area contributed by atoms with Crippen LogP contribution in [0.3, 0.4) is 0 Å². The van der Waals surface area contributed by atoms with E-state index in [1.165, 1.54) is 9.71 Å². The van der Waals surface area contributed by atoms with Gasteiger partial charge < -0.3 is 9.73 Å². The fourth-order valence-corrected chi connectivity index (χ4v) is 4.40. The van der Waals surface area contributed by atoms with Gasteiger partial charge in [0, 0.05) is 5.92 Å². The van der Waals surface area contributed by atoms with E-state index in [1.54, 1.807) is 17.6 Å². The number of nitrogens with zero attached hydrogens (tertiary/aromatic N) is 2. The summed E-state index contributed by atoms with van der Waals surface area (Å²) in [5, 5.41) is 4.15. The van der Waals surface area contributed by atoms with E-state index in [9.17, 15) is 4.79 Å². The third-order valence-corrected chi connectivity index (χ3v) is 5.85. The standard InChI is InChI=1S/C19H21N3O2S/c23-18(20-12-15-4-3-11-24-15)13-22-9-7-14(8-10-22)19-21-16-5-1-2-6-17(16)25-19/h1-6,11,14H,7-10,12-13H2,(H,20,23). The van der Waals surface area contributed by atoms with Crippen molar-refractivity contribution in [3.8, 4) is 0 Å². The molecule has 130 valence electrons. The molecule has 1 aromatic carbocycles. The van der Waals surface area contributed by atoms with E-state index in [4.69, 9.17) is 9.40 Å². The minimum absolute atomic E-state index is 0.0508. The van der Waals surface area contributed by atoms with Crippen molar-refractivity contribution in [1.29, 1.82) is 0 Å². The number of aromatic nitrogens is 1. The summed E-state index contributed by atoms with van der Waals surface area (Å²) in [4.78, 5) is 19.1. The molecule has 0 radical (unpaired) electrons. The Labute approximate surface area is 150 Å². The van der Waals surface area contributed by atoms with Crippen molar-refractivity contribution in [2.24, 2.45) is 0 Å². The van der Waals surface area contributed by atoms with Crippen LogP contribution in [-0.4, -0.2) is 35.4 Å². The first-order chi connectivity index (χ1) is 12.3. The molecule has 4 rings (SSSR count). The maximum absolute atomic E-state index is 12.1. The number of furan rings is 1. The largest absolute Gasteiger partial charge is 0.467 e. The van der Waals surface area contributed by atoms with Crippen LogP contribution >= 0.6 is 11.3 Å². The van der Waals surface area contributed by atoms with Gasteiger partial charge >= 0.3 is 0 Å². The number of benzene rings is 1. The van der Waals surface area contributed by atoms with Crippen LogP contribution in [0.15, 0.2) is 47.1 Å². The van der Waals surface area contributed by atoms with Crippen LogP contribution in [-0.2, 0) is 11.3 Å². The fourth-order valence-electron chi connectivity index (χ4n) is 3.26. The number of piperidine rings is 1. The summed E-state index contributed by atoms with van der Waals surface area (Å²) >= 11 is 1.81. The number of likely N-dealkylation sites (tertiary alicyclic amines) is 1. The highest BCUT2D eigenvalue weighted by Crippen LogP contribution is 2.33. The van der Waals surface area contributed by atoms with Crippen LogP contribution in [0.1, 0.15) is 29.5 Å². The monoisotopic (exact) mass is 355 g/mol. The molecule has 1 fully saturated rings. The van der Waals surface area contributed by atoms with Gasteiger partial charge in [0.05, 0.1) is 34.6 Å². The van der Waals surface area contributed by atoms with Crippen molar-refractivity contribution >= 4 is 27.5 Å². The van der Waals surface area contributed by atoms with Gasteiger partial charge in [-0.15, -0.1) is 11.3 Å². The van der Waals surface area contributed by atoms with Gasteiger partial charge in [-0.3, -0.25) is 9.69 Å². The SMILES string of the molecule is O=C(CN1CCC(c2nc3ccccc3s2)CC1)NCc1ccco1. The second-order valence-corrected chi connectivity index (χ2v) is 7.49. The highest BCUT2D eigenvalue weighted by atomic mass is 32.1. The molecule has 0 bridgehead atoms. The molecule has 1 saturated heterocycles. The van der Waals surface area contributed by atoms with Crippen molar-refractivity contribution in [3.63, 3.8) is 0 Å². The van der Waals surface area contributed by atoms with E-state index in [-0.39, 0.29) is 5.91 Å². The number of amides is 1. The number of carbonyl (C=O) groups excluding carboxylic acids is 1. The summed E-state index contributed by atoms with van der Waals surface area (Å²) in [5.74, 6) is 1.34. The first-order valence-corrected chi connectivity index (χ1v) is 9.46. The molecule has 25 heavy (non-hydrogen) atoms. The molecule has 1 amide bonds. The normalized spacial score (nSPS) is 16.3. The molecule has 0 unspecified atom stereocenters. The van der Waals surface area contributed by atoms with Crippen molar-refractivity contribution in [1.82, 2.24) is 15.2 Å². The fraction of sp³-hybridized carbons (Fsp3) is 0.368. The highest BCUT2D eigenvalue weighted by Gasteiger charge is 2.24. The Balaban J connectivity index is 1.27. The molecule has 0 saturated carbocycles. The average molecular weight is 355 g/mol. The molecular formula is C19H21N3O2S. The lowest BCUT2D eigenvalue weighted by atomic mass is 9.97. The molecule has 3 aromatic rings. The third-order valence-electron chi connectivity index (χ3n) is 4.65. The molecule has 6 heteroatoms. The Morgan fingerprint density at radius 3 is 2.84 bits per heavy atom. The Morgan fingerprint density at radius 2 is 2.08 bits per heavy atom. The molecule has 5 nitrogen and oxygen atoms in total. The second kappa shape index (κ2) is 7.37.